The highest BCUT2D eigenvalue weighted by atomic mass is 16.6. The molecule has 17 heavy (non-hydrogen) atoms. The zero-order chi connectivity index (χ0) is 11.8. The second-order valence-corrected chi connectivity index (χ2v) is 5.35. The van der Waals surface area contributed by atoms with Crippen LogP contribution >= 0.6 is 0 Å². The van der Waals surface area contributed by atoms with Gasteiger partial charge in [0.2, 0.25) is 0 Å². The van der Waals surface area contributed by atoms with E-state index < -0.39 is 0 Å². The Hall–Kier alpha value is -1.09. The summed E-state index contributed by atoms with van der Waals surface area (Å²) < 4.78 is 11.5. The van der Waals surface area contributed by atoms with Crippen molar-refractivity contribution in [2.24, 2.45) is 16.8 Å². The molecule has 0 saturated carbocycles. The molecule has 0 aromatic heterocycles. The number of allylic oxidation sites excluding steroid dienone is 1. The molecule has 0 aromatic carbocycles. The zero-order valence-corrected chi connectivity index (χ0v) is 10.5. The van der Waals surface area contributed by atoms with Crippen LogP contribution in [0.5, 0.6) is 0 Å². The normalized spacial score (nSPS) is 36.6. The summed E-state index contributed by atoms with van der Waals surface area (Å²) in [5.41, 5.74) is 2.44. The maximum absolute atomic E-state index is 5.85. The highest BCUT2D eigenvalue weighted by Gasteiger charge is 2.33. The Morgan fingerprint density at radius 2 is 2.18 bits per heavy atom. The Morgan fingerprint density at radius 3 is 3.06 bits per heavy atom. The standard InChI is InChI=1S/C14H19NO2/c1-9-5-10(2)7-12-11(6-9)14-13(8-15-12)16-3-4-17-14/h6,8-10,14H,3-5,7H2,1-2H3. The van der Waals surface area contributed by atoms with Gasteiger partial charge in [-0.15, -0.1) is 0 Å². The van der Waals surface area contributed by atoms with Crippen LogP contribution in [0, 0.1) is 11.8 Å². The lowest BCUT2D eigenvalue weighted by Gasteiger charge is -2.31. The van der Waals surface area contributed by atoms with Crippen molar-refractivity contribution in [3.63, 3.8) is 0 Å². The molecule has 0 radical (unpaired) electrons. The maximum atomic E-state index is 5.85. The second-order valence-electron chi connectivity index (χ2n) is 5.35. The molecule has 0 spiro atoms. The van der Waals surface area contributed by atoms with Crippen molar-refractivity contribution in [3.05, 3.63) is 23.6 Å². The third kappa shape index (κ3) is 2.04. The summed E-state index contributed by atoms with van der Waals surface area (Å²) in [5.74, 6) is 2.17. The molecule has 0 aromatic rings. The largest absolute Gasteiger partial charge is 0.491 e. The minimum atomic E-state index is 0.00370. The SMILES string of the molecule is CC1C=C2C(=NC=C3OCCOC32)CC(C)C1. The average molecular weight is 233 g/mol. The summed E-state index contributed by atoms with van der Waals surface area (Å²) in [4.78, 5) is 4.56. The Balaban J connectivity index is 1.97. The Bertz CT molecular complexity index is 408. The highest BCUT2D eigenvalue weighted by Crippen LogP contribution is 2.33. The van der Waals surface area contributed by atoms with Gasteiger partial charge in [0.1, 0.15) is 18.5 Å². The van der Waals surface area contributed by atoms with Crippen LogP contribution < -0.4 is 0 Å². The van der Waals surface area contributed by atoms with E-state index in [0.717, 1.165) is 12.2 Å². The molecule has 2 heterocycles. The van der Waals surface area contributed by atoms with Crippen molar-refractivity contribution in [2.45, 2.75) is 32.8 Å². The van der Waals surface area contributed by atoms with Gasteiger partial charge in [0.15, 0.2) is 0 Å². The molecule has 1 saturated heterocycles. The van der Waals surface area contributed by atoms with E-state index in [1.54, 1.807) is 0 Å². The average Bonchev–Trinajstić information content (AvgIpc) is 2.46. The van der Waals surface area contributed by atoms with E-state index in [2.05, 4.69) is 24.9 Å². The summed E-state index contributed by atoms with van der Waals surface area (Å²) in [6, 6.07) is 0. The van der Waals surface area contributed by atoms with E-state index in [4.69, 9.17) is 9.47 Å². The Morgan fingerprint density at radius 1 is 1.29 bits per heavy atom. The monoisotopic (exact) mass is 233 g/mol. The number of rotatable bonds is 0. The molecule has 0 bridgehead atoms. The zero-order valence-electron chi connectivity index (χ0n) is 10.5. The van der Waals surface area contributed by atoms with Crippen LogP contribution in [0.3, 0.4) is 0 Å². The topological polar surface area (TPSA) is 30.8 Å². The van der Waals surface area contributed by atoms with Crippen molar-refractivity contribution in [2.75, 3.05) is 13.2 Å². The molecule has 3 heteroatoms. The minimum absolute atomic E-state index is 0.00370. The van der Waals surface area contributed by atoms with E-state index in [-0.39, 0.29) is 6.10 Å². The predicted octanol–water partition coefficient (Wildman–Crippen LogP) is 2.69. The summed E-state index contributed by atoms with van der Waals surface area (Å²) in [7, 11) is 0. The van der Waals surface area contributed by atoms with Gasteiger partial charge in [-0.2, -0.15) is 0 Å². The first-order valence-electron chi connectivity index (χ1n) is 6.47. The summed E-state index contributed by atoms with van der Waals surface area (Å²) >= 11 is 0. The molecule has 3 rings (SSSR count). The van der Waals surface area contributed by atoms with Gasteiger partial charge in [0.25, 0.3) is 0 Å². The van der Waals surface area contributed by atoms with E-state index in [0.29, 0.717) is 25.0 Å². The van der Waals surface area contributed by atoms with Crippen molar-refractivity contribution >= 4 is 5.71 Å². The van der Waals surface area contributed by atoms with Crippen LogP contribution in [0.1, 0.15) is 26.7 Å². The summed E-state index contributed by atoms with van der Waals surface area (Å²) in [5, 5.41) is 0. The van der Waals surface area contributed by atoms with Crippen LogP contribution in [-0.2, 0) is 9.47 Å². The summed E-state index contributed by atoms with van der Waals surface area (Å²) in [6.45, 7) is 5.89. The Kier molecular flexibility index (Phi) is 2.79. The number of hydrogen-bond acceptors (Lipinski definition) is 3. The first-order chi connectivity index (χ1) is 8.24. The third-order valence-electron chi connectivity index (χ3n) is 3.64. The van der Waals surface area contributed by atoms with Crippen LogP contribution in [0.4, 0.5) is 0 Å². The molecular formula is C14H19NO2. The lowest BCUT2D eigenvalue weighted by molar-refractivity contribution is -0.0250. The van der Waals surface area contributed by atoms with Crippen molar-refractivity contribution in [1.29, 1.82) is 0 Å². The smallest absolute Gasteiger partial charge is 0.148 e. The van der Waals surface area contributed by atoms with Gasteiger partial charge < -0.3 is 9.47 Å². The van der Waals surface area contributed by atoms with Gasteiger partial charge in [0.05, 0.1) is 12.8 Å². The van der Waals surface area contributed by atoms with Gasteiger partial charge in [-0.3, -0.25) is 4.99 Å². The van der Waals surface area contributed by atoms with Crippen molar-refractivity contribution in [1.82, 2.24) is 0 Å². The van der Waals surface area contributed by atoms with Crippen molar-refractivity contribution in [3.8, 4) is 0 Å². The van der Waals surface area contributed by atoms with E-state index in [9.17, 15) is 0 Å². The van der Waals surface area contributed by atoms with Crippen LogP contribution in [0.15, 0.2) is 28.6 Å². The van der Waals surface area contributed by atoms with Gasteiger partial charge >= 0.3 is 0 Å². The van der Waals surface area contributed by atoms with Crippen LogP contribution in [0.25, 0.3) is 0 Å². The predicted molar refractivity (Wildman–Crippen MR) is 66.9 cm³/mol. The molecule has 3 atom stereocenters. The maximum Gasteiger partial charge on any atom is 0.148 e. The fourth-order valence-corrected chi connectivity index (χ4v) is 2.98. The van der Waals surface area contributed by atoms with Gasteiger partial charge in [-0.1, -0.05) is 19.9 Å². The van der Waals surface area contributed by atoms with E-state index >= 15 is 0 Å². The van der Waals surface area contributed by atoms with Crippen LogP contribution in [-0.4, -0.2) is 25.0 Å². The number of nitrogens with zero attached hydrogens (tertiary/aromatic N) is 1. The van der Waals surface area contributed by atoms with Crippen LogP contribution in [0.2, 0.25) is 0 Å². The molecule has 3 nitrogen and oxygen atoms in total. The summed E-state index contributed by atoms with van der Waals surface area (Å²) in [6.07, 6.45) is 6.46. The molecule has 3 unspecified atom stereocenters. The van der Waals surface area contributed by atoms with Gasteiger partial charge in [0, 0.05) is 11.3 Å². The minimum Gasteiger partial charge on any atom is -0.491 e. The molecule has 92 valence electrons. The molecule has 3 aliphatic rings. The fraction of sp³-hybridized carbons (Fsp3) is 0.643. The number of aliphatic imine (C=N–C) groups is 1. The molecule has 0 N–H and O–H groups in total. The fourth-order valence-electron chi connectivity index (χ4n) is 2.98. The molecule has 1 fully saturated rings. The number of fused-ring (bicyclic) bond motifs is 3. The molecular weight excluding hydrogens is 214 g/mol. The molecule has 1 aliphatic carbocycles. The first-order valence-corrected chi connectivity index (χ1v) is 6.47. The Labute approximate surface area is 102 Å². The van der Waals surface area contributed by atoms with Crippen molar-refractivity contribution < 1.29 is 9.47 Å². The molecule has 2 aliphatic heterocycles. The third-order valence-corrected chi connectivity index (χ3v) is 3.64. The van der Waals surface area contributed by atoms with E-state index in [1.807, 2.05) is 6.20 Å². The molecule has 0 amide bonds. The van der Waals surface area contributed by atoms with Gasteiger partial charge in [-0.25, -0.2) is 0 Å². The van der Waals surface area contributed by atoms with Gasteiger partial charge in [-0.05, 0) is 24.7 Å². The lowest BCUT2D eigenvalue weighted by Crippen LogP contribution is -2.33. The highest BCUT2D eigenvalue weighted by molar-refractivity contribution is 6.03. The number of ether oxygens (including phenoxy) is 2. The quantitative estimate of drug-likeness (QED) is 0.644. The lowest BCUT2D eigenvalue weighted by atomic mass is 9.95. The van der Waals surface area contributed by atoms with E-state index in [1.165, 1.54) is 17.7 Å². The first kappa shape index (κ1) is 11.0. The number of hydrogen-bond donors (Lipinski definition) is 0. The second kappa shape index (κ2) is 4.30.